The van der Waals surface area contributed by atoms with Crippen molar-refractivity contribution in [1.29, 1.82) is 0 Å². The van der Waals surface area contributed by atoms with Crippen molar-refractivity contribution in [2.45, 2.75) is 64.8 Å². The van der Waals surface area contributed by atoms with Gasteiger partial charge in [0, 0.05) is 25.4 Å². The van der Waals surface area contributed by atoms with E-state index in [2.05, 4.69) is 13.8 Å². The van der Waals surface area contributed by atoms with E-state index in [4.69, 9.17) is 9.84 Å². The number of likely N-dealkylation sites (tertiary alicyclic amines) is 1. The molecule has 5 nitrogen and oxygen atoms in total. The van der Waals surface area contributed by atoms with Crippen LogP contribution in [-0.2, 0) is 9.59 Å². The van der Waals surface area contributed by atoms with Crippen LogP contribution in [0.2, 0.25) is 0 Å². The zero-order chi connectivity index (χ0) is 18.2. The molecule has 1 aliphatic rings. The molecule has 0 radical (unpaired) electrons. The van der Waals surface area contributed by atoms with Gasteiger partial charge in [0.1, 0.15) is 5.75 Å². The predicted molar refractivity (Wildman–Crippen MR) is 96.9 cm³/mol. The Hall–Kier alpha value is -2.04. The monoisotopic (exact) mass is 347 g/mol. The quantitative estimate of drug-likeness (QED) is 0.728. The topological polar surface area (TPSA) is 66.8 Å². The Morgan fingerprint density at radius 3 is 2.72 bits per heavy atom. The predicted octanol–water partition coefficient (Wildman–Crippen LogP) is 3.71. The van der Waals surface area contributed by atoms with E-state index in [1.54, 1.807) is 0 Å². The summed E-state index contributed by atoms with van der Waals surface area (Å²) in [5, 5.41) is 8.87. The molecule has 1 fully saturated rings. The molecule has 1 aromatic rings. The van der Waals surface area contributed by atoms with E-state index in [0.29, 0.717) is 25.9 Å². The summed E-state index contributed by atoms with van der Waals surface area (Å²) >= 11 is 0. The SMILES string of the molecule is Cc1ccc(OCCCC(=O)N2CCCCC2CCC(=O)O)cc1C. The maximum atomic E-state index is 12.5. The number of hydrogen-bond donors (Lipinski definition) is 1. The van der Waals surface area contributed by atoms with Gasteiger partial charge in [-0.1, -0.05) is 6.07 Å². The molecule has 25 heavy (non-hydrogen) atoms. The van der Waals surface area contributed by atoms with E-state index in [9.17, 15) is 9.59 Å². The van der Waals surface area contributed by atoms with Crippen LogP contribution in [0.15, 0.2) is 18.2 Å². The van der Waals surface area contributed by atoms with Gasteiger partial charge in [-0.3, -0.25) is 9.59 Å². The Balaban J connectivity index is 1.75. The molecule has 0 spiro atoms. The summed E-state index contributed by atoms with van der Waals surface area (Å²) in [4.78, 5) is 25.2. The van der Waals surface area contributed by atoms with Crippen molar-refractivity contribution in [3.8, 4) is 5.75 Å². The first-order chi connectivity index (χ1) is 12.0. The van der Waals surface area contributed by atoms with Gasteiger partial charge in [-0.15, -0.1) is 0 Å². The van der Waals surface area contributed by atoms with E-state index in [1.807, 2.05) is 23.1 Å². The van der Waals surface area contributed by atoms with E-state index >= 15 is 0 Å². The first-order valence-electron chi connectivity index (χ1n) is 9.18. The smallest absolute Gasteiger partial charge is 0.303 e. The van der Waals surface area contributed by atoms with Crippen LogP contribution >= 0.6 is 0 Å². The largest absolute Gasteiger partial charge is 0.494 e. The van der Waals surface area contributed by atoms with Crippen LogP contribution in [0.25, 0.3) is 0 Å². The van der Waals surface area contributed by atoms with E-state index < -0.39 is 5.97 Å². The lowest BCUT2D eigenvalue weighted by Gasteiger charge is -2.35. The molecule has 1 N–H and O–H groups in total. The molecule has 0 aliphatic carbocycles. The average Bonchev–Trinajstić information content (AvgIpc) is 2.60. The number of ether oxygens (including phenoxy) is 1. The fourth-order valence-corrected chi connectivity index (χ4v) is 3.28. The van der Waals surface area contributed by atoms with Crippen LogP contribution in [0.3, 0.4) is 0 Å². The van der Waals surface area contributed by atoms with Crippen LogP contribution in [0.5, 0.6) is 5.75 Å². The molecule has 2 rings (SSSR count). The third kappa shape index (κ3) is 6.07. The maximum Gasteiger partial charge on any atom is 0.303 e. The highest BCUT2D eigenvalue weighted by atomic mass is 16.5. The third-order valence-corrected chi connectivity index (χ3v) is 4.92. The first kappa shape index (κ1) is 19.3. The lowest BCUT2D eigenvalue weighted by atomic mass is 9.97. The van der Waals surface area contributed by atoms with E-state index in [1.165, 1.54) is 11.1 Å². The second-order valence-corrected chi connectivity index (χ2v) is 6.87. The number of carboxylic acid groups (broad SMARTS) is 1. The first-order valence-corrected chi connectivity index (χ1v) is 9.18. The molecule has 0 saturated carbocycles. The summed E-state index contributed by atoms with van der Waals surface area (Å²) in [6.45, 7) is 5.39. The van der Waals surface area contributed by atoms with Crippen molar-refractivity contribution in [3.05, 3.63) is 29.3 Å². The molecule has 1 heterocycles. The highest BCUT2D eigenvalue weighted by Gasteiger charge is 2.26. The van der Waals surface area contributed by atoms with Crippen LogP contribution < -0.4 is 4.74 Å². The zero-order valence-corrected chi connectivity index (χ0v) is 15.3. The minimum atomic E-state index is -0.792. The molecular formula is C20H29NO4. The Morgan fingerprint density at radius 2 is 2.00 bits per heavy atom. The number of carbonyl (C=O) groups excluding carboxylic acids is 1. The summed E-state index contributed by atoms with van der Waals surface area (Å²) < 4.78 is 5.74. The number of amides is 1. The molecule has 0 bridgehead atoms. The van der Waals surface area contributed by atoms with Crippen LogP contribution in [0, 0.1) is 13.8 Å². The van der Waals surface area contributed by atoms with Crippen molar-refractivity contribution in [3.63, 3.8) is 0 Å². The van der Waals surface area contributed by atoms with Gasteiger partial charge in [-0.25, -0.2) is 0 Å². The molecule has 1 aliphatic heterocycles. The standard InChI is InChI=1S/C20H29NO4/c1-15-8-10-18(14-16(15)2)25-13-5-7-19(22)21-12-4-3-6-17(21)9-11-20(23)24/h8,10,14,17H,3-7,9,11-13H2,1-2H3,(H,23,24). The highest BCUT2D eigenvalue weighted by molar-refractivity contribution is 5.76. The van der Waals surface area contributed by atoms with Crippen LogP contribution in [-0.4, -0.2) is 41.1 Å². The number of aryl methyl sites for hydroxylation is 2. The summed E-state index contributed by atoms with van der Waals surface area (Å²) in [5.41, 5.74) is 2.43. The third-order valence-electron chi connectivity index (χ3n) is 4.92. The van der Waals surface area contributed by atoms with Crippen molar-refractivity contribution in [2.24, 2.45) is 0 Å². The van der Waals surface area contributed by atoms with Gasteiger partial charge in [0.05, 0.1) is 6.61 Å². The van der Waals surface area contributed by atoms with Gasteiger partial charge in [0.25, 0.3) is 0 Å². The summed E-state index contributed by atoms with van der Waals surface area (Å²) in [5.74, 6) is 0.173. The number of benzene rings is 1. The number of nitrogens with zero attached hydrogens (tertiary/aromatic N) is 1. The second kappa shape index (κ2) is 9.44. The molecule has 1 atom stereocenters. The number of hydrogen-bond acceptors (Lipinski definition) is 3. The Bertz CT molecular complexity index is 599. The van der Waals surface area contributed by atoms with Crippen molar-refractivity contribution in [1.82, 2.24) is 4.90 Å². The molecule has 138 valence electrons. The number of rotatable bonds is 8. The molecule has 0 aromatic heterocycles. The van der Waals surface area contributed by atoms with Crippen LogP contribution in [0.1, 0.15) is 56.1 Å². The minimum Gasteiger partial charge on any atom is -0.494 e. The van der Waals surface area contributed by atoms with E-state index in [-0.39, 0.29) is 18.4 Å². The zero-order valence-electron chi connectivity index (χ0n) is 15.3. The molecule has 1 aromatic carbocycles. The number of piperidine rings is 1. The minimum absolute atomic E-state index is 0.0815. The Kier molecular flexibility index (Phi) is 7.29. The molecule has 1 amide bonds. The van der Waals surface area contributed by atoms with Crippen molar-refractivity contribution >= 4 is 11.9 Å². The van der Waals surface area contributed by atoms with Gasteiger partial charge in [0.2, 0.25) is 5.91 Å². The van der Waals surface area contributed by atoms with Crippen LogP contribution in [0.4, 0.5) is 0 Å². The van der Waals surface area contributed by atoms with Gasteiger partial charge in [-0.2, -0.15) is 0 Å². The lowest BCUT2D eigenvalue weighted by Crippen LogP contribution is -2.44. The normalized spacial score (nSPS) is 17.4. The van der Waals surface area contributed by atoms with Gasteiger partial charge in [0.15, 0.2) is 0 Å². The Morgan fingerprint density at radius 1 is 1.20 bits per heavy atom. The summed E-state index contributed by atoms with van der Waals surface area (Å²) in [6, 6.07) is 6.09. The number of carboxylic acids is 1. The van der Waals surface area contributed by atoms with Crippen molar-refractivity contribution < 1.29 is 19.4 Å². The molecule has 5 heteroatoms. The Labute approximate surface area is 150 Å². The maximum absolute atomic E-state index is 12.5. The fourth-order valence-electron chi connectivity index (χ4n) is 3.28. The molecule has 1 unspecified atom stereocenters. The summed E-state index contributed by atoms with van der Waals surface area (Å²) in [7, 11) is 0. The second-order valence-electron chi connectivity index (χ2n) is 6.87. The van der Waals surface area contributed by atoms with Gasteiger partial charge < -0.3 is 14.7 Å². The number of aliphatic carboxylic acids is 1. The average molecular weight is 347 g/mol. The fraction of sp³-hybridized carbons (Fsp3) is 0.600. The highest BCUT2D eigenvalue weighted by Crippen LogP contribution is 2.22. The van der Waals surface area contributed by atoms with Gasteiger partial charge in [-0.05, 0) is 69.2 Å². The summed E-state index contributed by atoms with van der Waals surface area (Å²) in [6.07, 6.45) is 4.81. The van der Waals surface area contributed by atoms with Crippen molar-refractivity contribution in [2.75, 3.05) is 13.2 Å². The van der Waals surface area contributed by atoms with E-state index in [0.717, 1.165) is 31.6 Å². The molecule has 1 saturated heterocycles. The van der Waals surface area contributed by atoms with Gasteiger partial charge >= 0.3 is 5.97 Å². The molecular weight excluding hydrogens is 318 g/mol. The number of carbonyl (C=O) groups is 2. The lowest BCUT2D eigenvalue weighted by molar-refractivity contribution is -0.140.